The minimum atomic E-state index is -0.496. The fraction of sp³-hybridized carbons (Fsp3) is 0.400. The summed E-state index contributed by atoms with van der Waals surface area (Å²) in [4.78, 5) is 21.7. The number of halogens is 1. The first kappa shape index (κ1) is 27.0. The molecular formula is C30H32FN7O2S. The zero-order valence-electron chi connectivity index (χ0n) is 23.8. The molecule has 11 heteroatoms. The van der Waals surface area contributed by atoms with Crippen molar-refractivity contribution in [3.05, 3.63) is 58.5 Å². The lowest BCUT2D eigenvalue weighted by atomic mass is 9.73. The summed E-state index contributed by atoms with van der Waals surface area (Å²) >= 11 is 1.26. The highest BCUT2D eigenvalue weighted by molar-refractivity contribution is 7.16. The molecule has 1 spiro atoms. The molecule has 2 fully saturated rings. The van der Waals surface area contributed by atoms with E-state index in [9.17, 15) is 14.4 Å². The van der Waals surface area contributed by atoms with Gasteiger partial charge in [0, 0.05) is 48.5 Å². The Morgan fingerprint density at radius 1 is 1.20 bits per heavy atom. The Morgan fingerprint density at radius 3 is 2.54 bits per heavy atom. The van der Waals surface area contributed by atoms with Crippen LogP contribution in [0.25, 0.3) is 16.8 Å². The number of pyridine rings is 1. The lowest BCUT2D eigenvalue weighted by Gasteiger charge is -2.60. The molecule has 0 atom stereocenters. The molecule has 2 aliphatic heterocycles. The number of likely N-dealkylation sites (tertiary alicyclic amines) is 1. The number of anilines is 3. The molecule has 41 heavy (non-hydrogen) atoms. The Morgan fingerprint density at radius 2 is 1.90 bits per heavy atom. The molecule has 2 saturated heterocycles. The number of ether oxygens (including phenoxy) is 1. The summed E-state index contributed by atoms with van der Waals surface area (Å²) in [5.74, 6) is -0.336. The van der Waals surface area contributed by atoms with E-state index >= 15 is 0 Å². The van der Waals surface area contributed by atoms with E-state index < -0.39 is 5.60 Å². The maximum atomic E-state index is 13.5. The second kappa shape index (κ2) is 9.73. The first-order valence-corrected chi connectivity index (χ1v) is 14.5. The van der Waals surface area contributed by atoms with Crippen molar-refractivity contribution in [2.75, 3.05) is 36.4 Å². The summed E-state index contributed by atoms with van der Waals surface area (Å²) in [6.07, 6.45) is 0.471. The first-order chi connectivity index (χ1) is 19.5. The number of nitriles is 1. The van der Waals surface area contributed by atoms with Gasteiger partial charge in [0.05, 0.1) is 16.9 Å². The van der Waals surface area contributed by atoms with Crippen LogP contribution in [0.4, 0.5) is 25.7 Å². The highest BCUT2D eigenvalue weighted by Crippen LogP contribution is 2.43. The average molecular weight is 574 g/mol. The number of aromatic nitrogens is 3. The van der Waals surface area contributed by atoms with Crippen LogP contribution in [0.1, 0.15) is 44.0 Å². The van der Waals surface area contributed by atoms with Crippen molar-refractivity contribution in [2.24, 2.45) is 5.41 Å². The topological polar surface area (TPSA) is 98.8 Å². The van der Waals surface area contributed by atoms with Crippen molar-refractivity contribution < 1.29 is 13.9 Å². The Kier molecular flexibility index (Phi) is 6.41. The van der Waals surface area contributed by atoms with Crippen LogP contribution in [0.15, 0.2) is 36.4 Å². The second-order valence-electron chi connectivity index (χ2n) is 12.0. The van der Waals surface area contributed by atoms with E-state index in [1.54, 1.807) is 17.0 Å². The standard InChI is InChI=1S/C30H32FN7O2S/c1-6-22-26(34-27-33-25(24(13-32)41-27)19-7-9-20(31)10-8-19)23-12-21(11-18(2)38(23)35-22)36-14-30(15-36)16-37(17-30)28(39)40-29(3,4)5/h7-12H,6,14-17H2,1-5H3,(H,33,34). The SMILES string of the molecule is CCc1nn2c(C)cc(N3CC4(CN(C(=O)OC(C)(C)C)C4)C3)cc2c1Nc1nc(-c2ccc(F)cc2)c(C#N)s1. The average Bonchev–Trinajstić information content (AvgIpc) is 3.43. The zero-order valence-corrected chi connectivity index (χ0v) is 24.6. The van der Waals surface area contributed by atoms with Crippen LogP contribution >= 0.6 is 11.3 Å². The van der Waals surface area contributed by atoms with Gasteiger partial charge in [-0.2, -0.15) is 10.4 Å². The predicted molar refractivity (Wildman–Crippen MR) is 157 cm³/mol. The molecule has 0 saturated carbocycles. The number of nitrogens with zero attached hydrogens (tertiary/aromatic N) is 6. The number of carbonyl (C=O) groups excluding carboxylic acids is 1. The third-order valence-corrected chi connectivity index (χ3v) is 8.38. The van der Waals surface area contributed by atoms with Gasteiger partial charge < -0.3 is 19.9 Å². The minimum Gasteiger partial charge on any atom is -0.444 e. The van der Waals surface area contributed by atoms with E-state index in [4.69, 9.17) is 14.8 Å². The number of fused-ring (bicyclic) bond motifs is 1. The fourth-order valence-corrected chi connectivity index (χ4v) is 6.42. The van der Waals surface area contributed by atoms with Crippen molar-refractivity contribution in [1.82, 2.24) is 19.5 Å². The smallest absolute Gasteiger partial charge is 0.410 e. The highest BCUT2D eigenvalue weighted by atomic mass is 32.1. The maximum Gasteiger partial charge on any atom is 0.410 e. The van der Waals surface area contributed by atoms with Gasteiger partial charge in [0.25, 0.3) is 0 Å². The molecule has 6 rings (SSSR count). The normalized spacial score (nSPS) is 15.9. The van der Waals surface area contributed by atoms with Gasteiger partial charge in [0.2, 0.25) is 0 Å². The van der Waals surface area contributed by atoms with Gasteiger partial charge in [0.1, 0.15) is 28.1 Å². The number of hydrogen-bond donors (Lipinski definition) is 1. The van der Waals surface area contributed by atoms with Crippen molar-refractivity contribution in [3.63, 3.8) is 0 Å². The molecule has 1 amide bonds. The number of carbonyl (C=O) groups is 1. The van der Waals surface area contributed by atoms with Crippen LogP contribution in [0.3, 0.4) is 0 Å². The maximum absolute atomic E-state index is 13.5. The summed E-state index contributed by atoms with van der Waals surface area (Å²) in [5.41, 5.74) is 5.62. The molecule has 0 radical (unpaired) electrons. The van der Waals surface area contributed by atoms with Crippen LogP contribution in [-0.4, -0.2) is 57.4 Å². The third kappa shape index (κ3) is 4.97. The largest absolute Gasteiger partial charge is 0.444 e. The molecular weight excluding hydrogens is 541 g/mol. The molecule has 4 aromatic rings. The highest BCUT2D eigenvalue weighted by Gasteiger charge is 2.54. The Labute approximate surface area is 242 Å². The summed E-state index contributed by atoms with van der Waals surface area (Å²) in [5, 5.41) is 18.6. The number of rotatable bonds is 5. The van der Waals surface area contributed by atoms with Crippen molar-refractivity contribution in [3.8, 4) is 17.3 Å². The van der Waals surface area contributed by atoms with Crippen LogP contribution in [-0.2, 0) is 11.2 Å². The number of amides is 1. The number of thiazole rings is 1. The van der Waals surface area contributed by atoms with Gasteiger partial charge in [-0.05, 0) is 70.5 Å². The van der Waals surface area contributed by atoms with Gasteiger partial charge in [-0.25, -0.2) is 18.7 Å². The summed E-state index contributed by atoms with van der Waals surface area (Å²) in [6, 6.07) is 12.5. The minimum absolute atomic E-state index is 0.109. The first-order valence-electron chi connectivity index (χ1n) is 13.7. The van der Waals surface area contributed by atoms with E-state index in [2.05, 4.69) is 35.3 Å². The summed E-state index contributed by atoms with van der Waals surface area (Å²) in [6.45, 7) is 12.9. The van der Waals surface area contributed by atoms with E-state index in [0.29, 0.717) is 40.8 Å². The van der Waals surface area contributed by atoms with Gasteiger partial charge in [-0.15, -0.1) is 0 Å². The lowest BCUT2D eigenvalue weighted by Crippen LogP contribution is -2.73. The van der Waals surface area contributed by atoms with Crippen LogP contribution in [0.5, 0.6) is 0 Å². The molecule has 0 unspecified atom stereocenters. The molecule has 0 aliphatic carbocycles. The van der Waals surface area contributed by atoms with Crippen molar-refractivity contribution >= 4 is 39.5 Å². The Bertz CT molecular complexity index is 1680. The Hall–Kier alpha value is -4.17. The Balaban J connectivity index is 1.24. The van der Waals surface area contributed by atoms with Gasteiger partial charge in [-0.3, -0.25) is 0 Å². The molecule has 1 N–H and O–H groups in total. The van der Waals surface area contributed by atoms with Crippen molar-refractivity contribution in [1.29, 1.82) is 5.26 Å². The fourth-order valence-electron chi connectivity index (χ4n) is 5.63. The number of hydrogen-bond acceptors (Lipinski definition) is 8. The van der Waals surface area contributed by atoms with Gasteiger partial charge in [-0.1, -0.05) is 18.3 Å². The van der Waals surface area contributed by atoms with Crippen LogP contribution in [0.2, 0.25) is 0 Å². The molecule has 212 valence electrons. The third-order valence-electron chi connectivity index (χ3n) is 7.50. The summed E-state index contributed by atoms with van der Waals surface area (Å²) in [7, 11) is 0. The second-order valence-corrected chi connectivity index (χ2v) is 13.0. The molecule has 3 aromatic heterocycles. The van der Waals surface area contributed by atoms with Gasteiger partial charge >= 0.3 is 6.09 Å². The molecule has 2 aliphatic rings. The molecule has 9 nitrogen and oxygen atoms in total. The van der Waals surface area contributed by atoms with Gasteiger partial charge in [0.15, 0.2) is 5.13 Å². The molecule has 1 aromatic carbocycles. The lowest BCUT2D eigenvalue weighted by molar-refractivity contribution is -0.0452. The monoisotopic (exact) mass is 573 g/mol. The number of aryl methyl sites for hydroxylation is 2. The van der Waals surface area contributed by atoms with Crippen LogP contribution in [0, 0.1) is 29.5 Å². The van der Waals surface area contributed by atoms with Crippen LogP contribution < -0.4 is 10.2 Å². The quantitative estimate of drug-likeness (QED) is 0.306. The number of benzene rings is 1. The zero-order chi connectivity index (χ0) is 29.1. The van der Waals surface area contributed by atoms with E-state index in [1.807, 2.05) is 32.2 Å². The van der Waals surface area contributed by atoms with E-state index in [-0.39, 0.29) is 17.3 Å². The van der Waals surface area contributed by atoms with E-state index in [1.165, 1.54) is 23.5 Å². The molecule has 0 bridgehead atoms. The van der Waals surface area contributed by atoms with E-state index in [0.717, 1.165) is 41.4 Å². The molecule has 5 heterocycles. The number of nitrogens with one attached hydrogen (secondary N) is 1. The summed E-state index contributed by atoms with van der Waals surface area (Å²) < 4.78 is 20.9. The predicted octanol–water partition coefficient (Wildman–Crippen LogP) is 6.14. The van der Waals surface area contributed by atoms with Crippen molar-refractivity contribution in [2.45, 2.75) is 46.6 Å².